The molecule has 1 aromatic rings. The second-order valence-corrected chi connectivity index (χ2v) is 3.64. The lowest BCUT2D eigenvalue weighted by Crippen LogP contribution is -2.46. The van der Waals surface area contributed by atoms with E-state index in [1.807, 2.05) is 30.3 Å². The van der Waals surface area contributed by atoms with Gasteiger partial charge in [0.05, 0.1) is 0 Å². The summed E-state index contributed by atoms with van der Waals surface area (Å²) >= 11 is 0. The third-order valence-electron chi connectivity index (χ3n) is 2.19. The van der Waals surface area contributed by atoms with Crippen molar-refractivity contribution in [3.05, 3.63) is 35.9 Å². The Balaban J connectivity index is 2.59. The molecule has 84 valence electrons. The fraction of sp³-hybridized carbons (Fsp3) is 0.333. The van der Waals surface area contributed by atoms with Gasteiger partial charge >= 0.3 is 0 Å². The van der Waals surface area contributed by atoms with E-state index in [-0.39, 0.29) is 6.42 Å². The highest BCUT2D eigenvalue weighted by atomic mass is 16.3. The van der Waals surface area contributed by atoms with Gasteiger partial charge in [-0.25, -0.2) is 0 Å². The van der Waals surface area contributed by atoms with E-state index >= 15 is 0 Å². The lowest BCUT2D eigenvalue weighted by atomic mass is 10.0. The van der Waals surface area contributed by atoms with Gasteiger partial charge < -0.3 is 10.4 Å². The maximum absolute atomic E-state index is 10.8. The average molecular weight is 218 g/mol. The van der Waals surface area contributed by atoms with E-state index in [1.54, 1.807) is 6.07 Å². The minimum Gasteiger partial charge on any atom is -0.359 e. The Labute approximate surface area is 94.5 Å². The largest absolute Gasteiger partial charge is 0.359 e. The van der Waals surface area contributed by atoms with E-state index in [4.69, 9.17) is 5.26 Å². The van der Waals surface area contributed by atoms with Crippen LogP contribution in [0, 0.1) is 11.3 Å². The first-order valence-electron chi connectivity index (χ1n) is 5.02. The van der Waals surface area contributed by atoms with Crippen LogP contribution in [-0.4, -0.2) is 16.7 Å². The molecule has 4 heteroatoms. The predicted octanol–water partition coefficient (Wildman–Crippen LogP) is 0.967. The minimum atomic E-state index is -1.78. The summed E-state index contributed by atoms with van der Waals surface area (Å²) in [6.45, 7) is 1.27. The molecular formula is C12H14N2O2. The molecule has 0 aliphatic heterocycles. The molecule has 1 amide bonds. The van der Waals surface area contributed by atoms with E-state index in [2.05, 4.69) is 5.32 Å². The van der Waals surface area contributed by atoms with E-state index in [9.17, 15) is 9.90 Å². The van der Waals surface area contributed by atoms with Gasteiger partial charge in [-0.05, 0) is 12.0 Å². The normalized spacial score (nSPS) is 13.6. The number of amides is 1. The Hall–Kier alpha value is -1.86. The number of carbonyl (C=O) groups excluding carboxylic acids is 1. The molecule has 0 spiro atoms. The van der Waals surface area contributed by atoms with Gasteiger partial charge in [-0.1, -0.05) is 30.3 Å². The molecule has 0 radical (unpaired) electrons. The summed E-state index contributed by atoms with van der Waals surface area (Å²) in [5.74, 6) is -0.419. The molecule has 4 nitrogen and oxygen atoms in total. The number of hydrogen-bond donors (Lipinski definition) is 2. The number of nitrogens with zero attached hydrogens (tertiary/aromatic N) is 1. The molecule has 0 aromatic heterocycles. The zero-order valence-corrected chi connectivity index (χ0v) is 9.10. The number of nitrogens with one attached hydrogen (secondary N) is 1. The Morgan fingerprint density at radius 2 is 2.12 bits per heavy atom. The topological polar surface area (TPSA) is 73.1 Å². The SMILES string of the molecule is CC(=O)NC(O)(C#N)CCc1ccccc1. The molecule has 1 rings (SSSR count). The fourth-order valence-corrected chi connectivity index (χ4v) is 1.41. The molecule has 0 saturated carbocycles. The molecule has 1 atom stereocenters. The minimum absolute atomic E-state index is 0.174. The van der Waals surface area contributed by atoms with Crippen molar-refractivity contribution in [2.24, 2.45) is 0 Å². The van der Waals surface area contributed by atoms with Crippen LogP contribution in [0.1, 0.15) is 18.9 Å². The zero-order valence-electron chi connectivity index (χ0n) is 9.10. The molecule has 0 aliphatic carbocycles. The van der Waals surface area contributed by atoms with Crippen molar-refractivity contribution in [2.75, 3.05) is 0 Å². The van der Waals surface area contributed by atoms with Gasteiger partial charge in [-0.15, -0.1) is 0 Å². The first-order chi connectivity index (χ1) is 7.56. The fourth-order valence-electron chi connectivity index (χ4n) is 1.41. The van der Waals surface area contributed by atoms with Crippen LogP contribution in [0.15, 0.2) is 30.3 Å². The van der Waals surface area contributed by atoms with Crippen LogP contribution >= 0.6 is 0 Å². The zero-order chi connectivity index (χ0) is 12.0. The summed E-state index contributed by atoms with van der Waals surface area (Å²) in [5, 5.41) is 20.8. The number of carbonyl (C=O) groups is 1. The average Bonchev–Trinajstić information content (AvgIpc) is 2.27. The van der Waals surface area contributed by atoms with Crippen LogP contribution in [0.2, 0.25) is 0 Å². The van der Waals surface area contributed by atoms with Gasteiger partial charge in [0.2, 0.25) is 11.6 Å². The number of rotatable bonds is 4. The van der Waals surface area contributed by atoms with Crippen molar-refractivity contribution >= 4 is 5.91 Å². The van der Waals surface area contributed by atoms with Crippen LogP contribution < -0.4 is 5.32 Å². The van der Waals surface area contributed by atoms with E-state index in [0.717, 1.165) is 5.56 Å². The first-order valence-corrected chi connectivity index (χ1v) is 5.02. The number of aryl methyl sites for hydroxylation is 1. The van der Waals surface area contributed by atoms with E-state index in [0.29, 0.717) is 6.42 Å². The quantitative estimate of drug-likeness (QED) is 0.584. The molecule has 2 N–H and O–H groups in total. The molecule has 0 aliphatic rings. The van der Waals surface area contributed by atoms with Gasteiger partial charge in [0.15, 0.2) is 0 Å². The van der Waals surface area contributed by atoms with Crippen LogP contribution in [0.5, 0.6) is 0 Å². The number of aliphatic hydroxyl groups is 1. The second kappa shape index (κ2) is 5.29. The predicted molar refractivity (Wildman–Crippen MR) is 59.1 cm³/mol. The summed E-state index contributed by atoms with van der Waals surface area (Å²) in [7, 11) is 0. The van der Waals surface area contributed by atoms with Gasteiger partial charge in [-0.2, -0.15) is 5.26 Å². The first kappa shape index (κ1) is 12.2. The lowest BCUT2D eigenvalue weighted by Gasteiger charge is -2.20. The van der Waals surface area contributed by atoms with Crippen molar-refractivity contribution in [1.82, 2.24) is 5.32 Å². The number of nitriles is 1. The van der Waals surface area contributed by atoms with Crippen LogP contribution in [0.3, 0.4) is 0 Å². The van der Waals surface area contributed by atoms with Crippen molar-refractivity contribution in [2.45, 2.75) is 25.5 Å². The Morgan fingerprint density at radius 1 is 1.50 bits per heavy atom. The monoisotopic (exact) mass is 218 g/mol. The number of hydrogen-bond acceptors (Lipinski definition) is 3. The highest BCUT2D eigenvalue weighted by Gasteiger charge is 2.26. The third kappa shape index (κ3) is 3.71. The van der Waals surface area contributed by atoms with E-state index in [1.165, 1.54) is 6.92 Å². The van der Waals surface area contributed by atoms with Crippen molar-refractivity contribution in [3.63, 3.8) is 0 Å². The molecule has 0 bridgehead atoms. The Bertz CT molecular complexity index is 397. The molecule has 16 heavy (non-hydrogen) atoms. The lowest BCUT2D eigenvalue weighted by molar-refractivity contribution is -0.124. The Morgan fingerprint density at radius 3 is 2.62 bits per heavy atom. The van der Waals surface area contributed by atoms with Crippen molar-refractivity contribution in [1.29, 1.82) is 5.26 Å². The summed E-state index contributed by atoms with van der Waals surface area (Å²) in [4.78, 5) is 10.8. The van der Waals surface area contributed by atoms with Gasteiger partial charge in [0.25, 0.3) is 0 Å². The molecule has 0 fully saturated rings. The maximum Gasteiger partial charge on any atom is 0.228 e. The van der Waals surface area contributed by atoms with Crippen molar-refractivity contribution < 1.29 is 9.90 Å². The molecule has 0 heterocycles. The highest BCUT2D eigenvalue weighted by Crippen LogP contribution is 2.11. The maximum atomic E-state index is 10.8. The summed E-state index contributed by atoms with van der Waals surface area (Å²) in [6.07, 6.45) is 0.707. The molecule has 0 saturated heterocycles. The summed E-state index contributed by atoms with van der Waals surface area (Å²) in [6, 6.07) is 11.2. The van der Waals surface area contributed by atoms with Crippen LogP contribution in [0.4, 0.5) is 0 Å². The summed E-state index contributed by atoms with van der Waals surface area (Å²) < 4.78 is 0. The molecular weight excluding hydrogens is 204 g/mol. The number of benzene rings is 1. The Kier molecular flexibility index (Phi) is 4.03. The van der Waals surface area contributed by atoms with Gasteiger partial charge in [0, 0.05) is 13.3 Å². The van der Waals surface area contributed by atoms with E-state index < -0.39 is 11.6 Å². The molecule has 1 unspecified atom stereocenters. The summed E-state index contributed by atoms with van der Waals surface area (Å²) in [5.41, 5.74) is -0.761. The van der Waals surface area contributed by atoms with Gasteiger partial charge in [0.1, 0.15) is 6.07 Å². The molecule has 1 aromatic carbocycles. The van der Waals surface area contributed by atoms with Crippen LogP contribution in [0.25, 0.3) is 0 Å². The van der Waals surface area contributed by atoms with Gasteiger partial charge in [-0.3, -0.25) is 4.79 Å². The standard InChI is InChI=1S/C12H14N2O2/c1-10(15)14-12(16,9-13)8-7-11-5-3-2-4-6-11/h2-6,16H,7-8H2,1H3,(H,14,15). The van der Waals surface area contributed by atoms with Crippen molar-refractivity contribution in [3.8, 4) is 6.07 Å². The third-order valence-corrected chi connectivity index (χ3v) is 2.19. The van der Waals surface area contributed by atoms with Crippen LogP contribution in [-0.2, 0) is 11.2 Å². The second-order valence-electron chi connectivity index (χ2n) is 3.64. The smallest absolute Gasteiger partial charge is 0.228 e. The highest BCUT2D eigenvalue weighted by molar-refractivity contribution is 5.74.